The minimum absolute atomic E-state index is 0.394. The fraction of sp³-hybridized carbons (Fsp3) is 0.357. The number of rotatable bonds is 0. The van der Waals surface area contributed by atoms with Crippen molar-refractivity contribution in [3.8, 4) is 5.75 Å². The standard InChI is InChI=1S/C14H14O5/c1-14(2)13(17)11(16)8-3-5-9-7(12(8)19-14)4-6-10(15)18-9/h3-6,11,13,16-17H,1-2H3/t11-,13-/m0/s1. The summed E-state index contributed by atoms with van der Waals surface area (Å²) in [5.41, 5.74) is -0.474. The molecule has 5 heteroatoms. The maximum atomic E-state index is 11.2. The lowest BCUT2D eigenvalue weighted by Gasteiger charge is -2.40. The Kier molecular flexibility index (Phi) is 2.45. The van der Waals surface area contributed by atoms with Crippen molar-refractivity contribution >= 4 is 11.0 Å². The Balaban J connectivity index is 2.31. The normalized spacial score (nSPS) is 24.8. The lowest BCUT2D eigenvalue weighted by Crippen LogP contribution is -2.48. The van der Waals surface area contributed by atoms with E-state index in [9.17, 15) is 15.0 Å². The van der Waals surface area contributed by atoms with Crippen molar-refractivity contribution in [3.63, 3.8) is 0 Å². The first-order chi connectivity index (χ1) is 8.90. The molecule has 0 saturated heterocycles. The van der Waals surface area contributed by atoms with Gasteiger partial charge in [0, 0.05) is 11.6 Å². The lowest BCUT2D eigenvalue weighted by atomic mass is 9.88. The Hall–Kier alpha value is -1.85. The van der Waals surface area contributed by atoms with Crippen molar-refractivity contribution in [3.05, 3.63) is 40.2 Å². The summed E-state index contributed by atoms with van der Waals surface area (Å²) in [7, 11) is 0. The van der Waals surface area contributed by atoms with Crippen molar-refractivity contribution in [2.24, 2.45) is 0 Å². The molecule has 100 valence electrons. The molecular formula is C14H14O5. The van der Waals surface area contributed by atoms with E-state index in [0.717, 1.165) is 0 Å². The Labute approximate surface area is 109 Å². The summed E-state index contributed by atoms with van der Waals surface area (Å²) >= 11 is 0. The summed E-state index contributed by atoms with van der Waals surface area (Å²) in [6.07, 6.45) is -2.05. The molecule has 0 amide bonds. The summed E-state index contributed by atoms with van der Waals surface area (Å²) in [6.45, 7) is 3.39. The Morgan fingerprint density at radius 3 is 2.63 bits per heavy atom. The van der Waals surface area contributed by atoms with Crippen LogP contribution in [-0.4, -0.2) is 21.9 Å². The van der Waals surface area contributed by atoms with Crippen LogP contribution in [0.15, 0.2) is 33.5 Å². The number of aliphatic hydroxyl groups is 2. The highest BCUT2D eigenvalue weighted by Crippen LogP contribution is 2.43. The largest absolute Gasteiger partial charge is 0.484 e. The van der Waals surface area contributed by atoms with Crippen LogP contribution >= 0.6 is 0 Å². The second-order valence-corrected chi connectivity index (χ2v) is 5.25. The van der Waals surface area contributed by atoms with E-state index in [1.54, 1.807) is 32.0 Å². The molecule has 3 rings (SSSR count). The van der Waals surface area contributed by atoms with E-state index < -0.39 is 23.4 Å². The van der Waals surface area contributed by atoms with E-state index in [0.29, 0.717) is 22.3 Å². The third-order valence-electron chi connectivity index (χ3n) is 3.48. The molecule has 1 aliphatic rings. The number of hydrogen-bond donors (Lipinski definition) is 2. The first-order valence-electron chi connectivity index (χ1n) is 6.02. The van der Waals surface area contributed by atoms with Crippen LogP contribution in [0.3, 0.4) is 0 Å². The monoisotopic (exact) mass is 262 g/mol. The second-order valence-electron chi connectivity index (χ2n) is 5.25. The number of benzene rings is 1. The molecule has 2 heterocycles. The highest BCUT2D eigenvalue weighted by molar-refractivity contribution is 5.85. The van der Waals surface area contributed by atoms with E-state index in [1.165, 1.54) is 6.07 Å². The quantitative estimate of drug-likeness (QED) is 0.701. The third kappa shape index (κ3) is 1.74. The van der Waals surface area contributed by atoms with Crippen molar-refractivity contribution in [1.29, 1.82) is 0 Å². The van der Waals surface area contributed by atoms with Crippen LogP contribution in [0.1, 0.15) is 25.5 Å². The zero-order valence-corrected chi connectivity index (χ0v) is 10.6. The SMILES string of the molecule is CC1(C)Oc2c(ccc3oc(=O)ccc23)[C@H](O)[C@@H]1O. The van der Waals surface area contributed by atoms with E-state index in [1.807, 2.05) is 0 Å². The van der Waals surface area contributed by atoms with Gasteiger partial charge in [0.05, 0.1) is 5.39 Å². The molecule has 2 N–H and O–H groups in total. The molecule has 2 aromatic rings. The van der Waals surface area contributed by atoms with Crippen molar-refractivity contribution in [2.75, 3.05) is 0 Å². The molecule has 1 aliphatic heterocycles. The summed E-state index contributed by atoms with van der Waals surface area (Å²) in [4.78, 5) is 11.2. The summed E-state index contributed by atoms with van der Waals surface area (Å²) in [5, 5.41) is 20.8. The van der Waals surface area contributed by atoms with Crippen LogP contribution in [0.4, 0.5) is 0 Å². The Morgan fingerprint density at radius 2 is 1.89 bits per heavy atom. The van der Waals surface area contributed by atoms with Crippen molar-refractivity contribution in [2.45, 2.75) is 31.7 Å². The van der Waals surface area contributed by atoms with Gasteiger partial charge < -0.3 is 19.4 Å². The van der Waals surface area contributed by atoms with Gasteiger partial charge in [0.1, 0.15) is 29.1 Å². The fourth-order valence-corrected chi connectivity index (χ4v) is 2.36. The van der Waals surface area contributed by atoms with E-state index >= 15 is 0 Å². The Bertz CT molecular complexity index is 701. The van der Waals surface area contributed by atoms with Gasteiger partial charge in [-0.3, -0.25) is 0 Å². The van der Waals surface area contributed by atoms with Crippen LogP contribution in [-0.2, 0) is 0 Å². The van der Waals surface area contributed by atoms with Crippen LogP contribution in [0.2, 0.25) is 0 Å². The van der Waals surface area contributed by atoms with E-state index in [-0.39, 0.29) is 0 Å². The average Bonchev–Trinajstić information content (AvgIpc) is 2.35. The molecule has 0 bridgehead atoms. The zero-order valence-electron chi connectivity index (χ0n) is 10.6. The summed E-state index contributed by atoms with van der Waals surface area (Å²) < 4.78 is 10.9. The molecule has 0 fully saturated rings. The first kappa shape index (κ1) is 12.2. The van der Waals surface area contributed by atoms with Gasteiger partial charge in [-0.1, -0.05) is 0 Å². The average molecular weight is 262 g/mol. The lowest BCUT2D eigenvalue weighted by molar-refractivity contribution is -0.111. The maximum absolute atomic E-state index is 11.2. The number of aliphatic hydroxyl groups excluding tert-OH is 2. The van der Waals surface area contributed by atoms with Gasteiger partial charge in [-0.2, -0.15) is 0 Å². The minimum Gasteiger partial charge on any atom is -0.484 e. The predicted molar refractivity (Wildman–Crippen MR) is 68.2 cm³/mol. The first-order valence-corrected chi connectivity index (χ1v) is 6.02. The molecule has 5 nitrogen and oxygen atoms in total. The topological polar surface area (TPSA) is 79.9 Å². The highest BCUT2D eigenvalue weighted by atomic mass is 16.5. The third-order valence-corrected chi connectivity index (χ3v) is 3.48. The summed E-state index contributed by atoms with van der Waals surface area (Å²) in [5.74, 6) is 0.448. The van der Waals surface area contributed by atoms with Gasteiger partial charge >= 0.3 is 5.63 Å². The Morgan fingerprint density at radius 1 is 1.16 bits per heavy atom. The molecule has 0 saturated carbocycles. The molecule has 0 aliphatic carbocycles. The van der Waals surface area contributed by atoms with Gasteiger partial charge in [0.2, 0.25) is 0 Å². The van der Waals surface area contributed by atoms with Crippen molar-refractivity contribution in [1.82, 2.24) is 0 Å². The summed E-state index contributed by atoms with van der Waals surface area (Å²) in [6, 6.07) is 6.09. The molecular weight excluding hydrogens is 248 g/mol. The number of ether oxygens (including phenoxy) is 1. The maximum Gasteiger partial charge on any atom is 0.336 e. The fourth-order valence-electron chi connectivity index (χ4n) is 2.36. The van der Waals surface area contributed by atoms with Crippen LogP contribution in [0, 0.1) is 0 Å². The molecule has 1 aromatic heterocycles. The van der Waals surface area contributed by atoms with Gasteiger partial charge in [-0.15, -0.1) is 0 Å². The number of hydrogen-bond acceptors (Lipinski definition) is 5. The van der Waals surface area contributed by atoms with E-state index in [2.05, 4.69) is 0 Å². The van der Waals surface area contributed by atoms with Crippen molar-refractivity contribution < 1.29 is 19.4 Å². The molecule has 0 unspecified atom stereocenters. The van der Waals surface area contributed by atoms with Gasteiger partial charge in [0.25, 0.3) is 0 Å². The number of fused-ring (bicyclic) bond motifs is 3. The predicted octanol–water partition coefficient (Wildman–Crippen LogP) is 1.36. The second kappa shape index (κ2) is 3.82. The molecule has 2 atom stereocenters. The smallest absolute Gasteiger partial charge is 0.336 e. The van der Waals surface area contributed by atoms with E-state index in [4.69, 9.17) is 9.15 Å². The van der Waals surface area contributed by atoms with Gasteiger partial charge in [-0.05, 0) is 32.0 Å². The van der Waals surface area contributed by atoms with Gasteiger partial charge in [-0.25, -0.2) is 4.79 Å². The molecule has 19 heavy (non-hydrogen) atoms. The van der Waals surface area contributed by atoms with Crippen LogP contribution in [0.25, 0.3) is 11.0 Å². The minimum atomic E-state index is -1.03. The van der Waals surface area contributed by atoms with Crippen LogP contribution < -0.4 is 10.4 Å². The zero-order chi connectivity index (χ0) is 13.8. The van der Waals surface area contributed by atoms with Crippen LogP contribution in [0.5, 0.6) is 5.75 Å². The highest BCUT2D eigenvalue weighted by Gasteiger charge is 2.42. The molecule has 0 spiro atoms. The molecule has 0 radical (unpaired) electrons. The van der Waals surface area contributed by atoms with Gasteiger partial charge in [0.15, 0.2) is 0 Å². The molecule has 1 aromatic carbocycles.